The van der Waals surface area contributed by atoms with Crippen molar-refractivity contribution in [2.24, 2.45) is 5.84 Å². The molecule has 1 amide bonds. The highest BCUT2D eigenvalue weighted by molar-refractivity contribution is 5.93. The van der Waals surface area contributed by atoms with E-state index >= 15 is 0 Å². The number of hydrogen-bond acceptors (Lipinski definition) is 4. The lowest BCUT2D eigenvalue weighted by atomic mass is 10.0. The molecule has 1 fully saturated rings. The number of hydrazine groups is 1. The minimum atomic E-state index is -0.248. The van der Waals surface area contributed by atoms with E-state index in [9.17, 15) is 4.79 Å². The van der Waals surface area contributed by atoms with Crippen molar-refractivity contribution in [1.82, 2.24) is 15.6 Å². The number of rotatable bonds is 5. The first-order chi connectivity index (χ1) is 9.74. The first-order valence-electron chi connectivity index (χ1n) is 7.29. The van der Waals surface area contributed by atoms with Gasteiger partial charge in [0.25, 0.3) is 5.91 Å². The molecule has 1 aromatic carbocycles. The van der Waals surface area contributed by atoms with Gasteiger partial charge in [0.15, 0.2) is 0 Å². The van der Waals surface area contributed by atoms with Crippen molar-refractivity contribution in [3.8, 4) is 0 Å². The van der Waals surface area contributed by atoms with Gasteiger partial charge in [-0.3, -0.25) is 15.1 Å². The van der Waals surface area contributed by atoms with Crippen LogP contribution in [0.4, 0.5) is 0 Å². The number of nitrogens with two attached hydrogens (primary N) is 1. The number of hydrogen-bond donors (Lipinski definition) is 3. The van der Waals surface area contributed by atoms with E-state index in [2.05, 4.69) is 22.6 Å². The molecule has 1 heterocycles. The van der Waals surface area contributed by atoms with E-state index in [0.29, 0.717) is 11.6 Å². The smallest absolute Gasteiger partial charge is 0.265 e. The molecular formula is C15H24N4O. The van der Waals surface area contributed by atoms with E-state index in [-0.39, 0.29) is 5.91 Å². The third-order valence-corrected chi connectivity index (χ3v) is 3.96. The number of nitrogens with one attached hydrogen (secondary N) is 2. The minimum absolute atomic E-state index is 0.248. The fraction of sp³-hybridized carbons (Fsp3) is 0.533. The first kappa shape index (κ1) is 15.0. The van der Waals surface area contributed by atoms with Crippen LogP contribution in [0, 0.1) is 0 Å². The van der Waals surface area contributed by atoms with Crippen LogP contribution in [-0.2, 0) is 6.54 Å². The van der Waals surface area contributed by atoms with Crippen LogP contribution in [-0.4, -0.2) is 36.5 Å². The molecule has 1 saturated heterocycles. The van der Waals surface area contributed by atoms with Crippen molar-refractivity contribution in [3.05, 3.63) is 35.4 Å². The molecule has 4 N–H and O–H groups in total. The van der Waals surface area contributed by atoms with Crippen molar-refractivity contribution in [2.45, 2.75) is 32.4 Å². The van der Waals surface area contributed by atoms with E-state index in [4.69, 9.17) is 5.84 Å². The van der Waals surface area contributed by atoms with Gasteiger partial charge in [0.2, 0.25) is 0 Å². The van der Waals surface area contributed by atoms with Gasteiger partial charge in [0.1, 0.15) is 0 Å². The van der Waals surface area contributed by atoms with Crippen molar-refractivity contribution in [1.29, 1.82) is 0 Å². The summed E-state index contributed by atoms with van der Waals surface area (Å²) in [5, 5.41) is 3.40. The predicted octanol–water partition coefficient (Wildman–Crippen LogP) is 0.864. The summed E-state index contributed by atoms with van der Waals surface area (Å²) >= 11 is 0. The molecule has 0 aliphatic carbocycles. The zero-order valence-corrected chi connectivity index (χ0v) is 12.1. The van der Waals surface area contributed by atoms with Crippen molar-refractivity contribution in [2.75, 3.05) is 19.6 Å². The van der Waals surface area contributed by atoms with E-state index in [0.717, 1.165) is 26.2 Å². The average molecular weight is 276 g/mol. The summed E-state index contributed by atoms with van der Waals surface area (Å²) in [6, 6.07) is 8.33. The van der Waals surface area contributed by atoms with Crippen LogP contribution in [0.5, 0.6) is 0 Å². The van der Waals surface area contributed by atoms with Gasteiger partial charge in [-0.2, -0.15) is 0 Å². The monoisotopic (exact) mass is 276 g/mol. The molecule has 1 aromatic rings. The lowest BCUT2D eigenvalue weighted by molar-refractivity contribution is 0.0953. The van der Waals surface area contributed by atoms with Crippen LogP contribution >= 0.6 is 0 Å². The van der Waals surface area contributed by atoms with Gasteiger partial charge in [-0.25, -0.2) is 5.84 Å². The number of nitrogen functional groups attached to an aromatic ring is 1. The highest BCUT2D eigenvalue weighted by Gasteiger charge is 2.19. The Labute approximate surface area is 120 Å². The highest BCUT2D eigenvalue weighted by atomic mass is 16.2. The lowest BCUT2D eigenvalue weighted by Crippen LogP contribution is -2.42. The minimum Gasteiger partial charge on any atom is -0.317 e. The molecule has 0 aromatic heterocycles. The molecular weight excluding hydrogens is 252 g/mol. The Morgan fingerprint density at radius 2 is 2.00 bits per heavy atom. The SMILES string of the molecule is CCN(Cc1ccc(C(=O)NN)cc1)C1CCNCC1. The third-order valence-electron chi connectivity index (χ3n) is 3.96. The van der Waals surface area contributed by atoms with Crippen LogP contribution in [0.3, 0.4) is 0 Å². The fourth-order valence-electron chi connectivity index (χ4n) is 2.75. The Kier molecular flexibility index (Phi) is 5.52. The molecule has 2 rings (SSSR count). The molecule has 0 radical (unpaired) electrons. The molecule has 0 unspecified atom stereocenters. The molecule has 20 heavy (non-hydrogen) atoms. The lowest BCUT2D eigenvalue weighted by Gasteiger charge is -2.33. The van der Waals surface area contributed by atoms with Gasteiger partial charge < -0.3 is 5.32 Å². The number of piperidine rings is 1. The van der Waals surface area contributed by atoms with E-state index < -0.39 is 0 Å². The van der Waals surface area contributed by atoms with Crippen LogP contribution < -0.4 is 16.6 Å². The summed E-state index contributed by atoms with van der Waals surface area (Å²) in [6.45, 7) is 6.41. The van der Waals surface area contributed by atoms with Crippen molar-refractivity contribution in [3.63, 3.8) is 0 Å². The van der Waals surface area contributed by atoms with Gasteiger partial charge in [0.05, 0.1) is 0 Å². The maximum atomic E-state index is 11.4. The average Bonchev–Trinajstić information content (AvgIpc) is 2.53. The normalized spacial score (nSPS) is 16.4. The van der Waals surface area contributed by atoms with Crippen LogP contribution in [0.25, 0.3) is 0 Å². The van der Waals surface area contributed by atoms with Crippen LogP contribution in [0.1, 0.15) is 35.7 Å². The van der Waals surface area contributed by atoms with E-state index in [1.165, 1.54) is 18.4 Å². The number of benzene rings is 1. The van der Waals surface area contributed by atoms with Gasteiger partial charge in [-0.05, 0) is 50.2 Å². The van der Waals surface area contributed by atoms with Crippen molar-refractivity contribution >= 4 is 5.91 Å². The second-order valence-electron chi connectivity index (χ2n) is 5.21. The van der Waals surface area contributed by atoms with Gasteiger partial charge in [-0.1, -0.05) is 19.1 Å². The second-order valence-corrected chi connectivity index (χ2v) is 5.21. The number of carbonyl (C=O) groups is 1. The summed E-state index contributed by atoms with van der Waals surface area (Å²) in [5.74, 6) is 4.88. The zero-order valence-electron chi connectivity index (χ0n) is 12.1. The maximum absolute atomic E-state index is 11.4. The Morgan fingerprint density at radius 1 is 1.35 bits per heavy atom. The summed E-state index contributed by atoms with van der Waals surface area (Å²) in [7, 11) is 0. The van der Waals surface area contributed by atoms with Crippen molar-refractivity contribution < 1.29 is 4.79 Å². The van der Waals surface area contributed by atoms with Gasteiger partial charge in [-0.15, -0.1) is 0 Å². The maximum Gasteiger partial charge on any atom is 0.265 e. The summed E-state index contributed by atoms with van der Waals surface area (Å²) in [5.41, 5.74) is 3.98. The zero-order chi connectivity index (χ0) is 14.4. The molecule has 0 spiro atoms. The summed E-state index contributed by atoms with van der Waals surface area (Å²) in [4.78, 5) is 13.9. The Bertz CT molecular complexity index is 426. The third kappa shape index (κ3) is 3.79. The number of nitrogens with zero attached hydrogens (tertiary/aromatic N) is 1. The first-order valence-corrected chi connectivity index (χ1v) is 7.29. The second kappa shape index (κ2) is 7.38. The number of amides is 1. The molecule has 0 bridgehead atoms. The van der Waals surface area contributed by atoms with Crippen LogP contribution in [0.15, 0.2) is 24.3 Å². The fourth-order valence-corrected chi connectivity index (χ4v) is 2.75. The molecule has 1 aliphatic heterocycles. The summed E-state index contributed by atoms with van der Waals surface area (Å²) < 4.78 is 0. The molecule has 1 aliphatic rings. The molecule has 0 atom stereocenters. The van der Waals surface area contributed by atoms with E-state index in [1.54, 1.807) is 0 Å². The van der Waals surface area contributed by atoms with Crippen LogP contribution in [0.2, 0.25) is 0 Å². The Hall–Kier alpha value is -1.43. The Balaban J connectivity index is 1.98. The molecule has 5 nitrogen and oxygen atoms in total. The van der Waals surface area contributed by atoms with E-state index in [1.807, 2.05) is 24.3 Å². The quantitative estimate of drug-likeness (QED) is 0.424. The molecule has 110 valence electrons. The highest BCUT2D eigenvalue weighted by Crippen LogP contribution is 2.15. The van der Waals surface area contributed by atoms with Gasteiger partial charge in [0, 0.05) is 18.2 Å². The predicted molar refractivity (Wildman–Crippen MR) is 80.1 cm³/mol. The largest absolute Gasteiger partial charge is 0.317 e. The number of carbonyl (C=O) groups excluding carboxylic acids is 1. The summed E-state index contributed by atoms with van der Waals surface area (Å²) in [6.07, 6.45) is 2.42. The molecule has 5 heteroatoms. The van der Waals surface area contributed by atoms with Gasteiger partial charge >= 0.3 is 0 Å². The molecule has 0 saturated carbocycles. The Morgan fingerprint density at radius 3 is 2.55 bits per heavy atom. The topological polar surface area (TPSA) is 70.4 Å². The standard InChI is InChI=1S/C15H24N4O/c1-2-19(14-7-9-17-10-8-14)11-12-3-5-13(6-4-12)15(20)18-16/h3-6,14,17H,2,7-11,16H2,1H3,(H,18,20).